The summed E-state index contributed by atoms with van der Waals surface area (Å²) in [6.07, 6.45) is 2.60. The zero-order valence-corrected chi connectivity index (χ0v) is 12.5. The highest BCUT2D eigenvalue weighted by molar-refractivity contribution is 5.90. The van der Waals surface area contributed by atoms with Crippen LogP contribution in [-0.2, 0) is 4.74 Å². The van der Waals surface area contributed by atoms with E-state index in [0.29, 0.717) is 17.3 Å². The smallest absolute Gasteiger partial charge is 0.339 e. The Hall–Kier alpha value is -1.62. The van der Waals surface area contributed by atoms with E-state index in [1.165, 1.54) is 33.0 Å². The molecule has 2 rings (SSSR count). The fourth-order valence-corrected chi connectivity index (χ4v) is 2.55. The van der Waals surface area contributed by atoms with E-state index in [2.05, 4.69) is 22.1 Å². The van der Waals surface area contributed by atoms with E-state index in [1.54, 1.807) is 6.07 Å². The monoisotopic (exact) mass is 277 g/mol. The second kappa shape index (κ2) is 6.70. The number of nitrogens with zero attached hydrogens (tertiary/aromatic N) is 2. The SMILES string of the molecule is COC(=O)c1ccc(NCC(C)N2CCCC2)nc1C. The molecule has 5 nitrogen and oxygen atoms in total. The third-order valence-electron chi connectivity index (χ3n) is 3.83. The van der Waals surface area contributed by atoms with Crippen molar-refractivity contribution in [1.82, 2.24) is 9.88 Å². The van der Waals surface area contributed by atoms with Gasteiger partial charge in [0.25, 0.3) is 0 Å². The topological polar surface area (TPSA) is 54.5 Å². The Kier molecular flexibility index (Phi) is 4.95. The molecule has 1 N–H and O–H groups in total. The van der Waals surface area contributed by atoms with Gasteiger partial charge in [-0.1, -0.05) is 0 Å². The lowest BCUT2D eigenvalue weighted by molar-refractivity contribution is 0.0599. The van der Waals surface area contributed by atoms with Gasteiger partial charge in [0.2, 0.25) is 0 Å². The quantitative estimate of drug-likeness (QED) is 0.835. The van der Waals surface area contributed by atoms with Crippen LogP contribution in [0.1, 0.15) is 35.8 Å². The van der Waals surface area contributed by atoms with Crippen LogP contribution in [0.15, 0.2) is 12.1 Å². The van der Waals surface area contributed by atoms with Gasteiger partial charge in [0.15, 0.2) is 0 Å². The van der Waals surface area contributed by atoms with Gasteiger partial charge in [-0.2, -0.15) is 0 Å². The van der Waals surface area contributed by atoms with Gasteiger partial charge in [-0.25, -0.2) is 9.78 Å². The van der Waals surface area contributed by atoms with E-state index in [0.717, 1.165) is 12.4 Å². The summed E-state index contributed by atoms with van der Waals surface area (Å²) in [5.41, 5.74) is 1.21. The number of esters is 1. The van der Waals surface area contributed by atoms with E-state index >= 15 is 0 Å². The molecule has 1 saturated heterocycles. The maximum atomic E-state index is 11.5. The lowest BCUT2D eigenvalue weighted by atomic mass is 10.2. The van der Waals surface area contributed by atoms with E-state index < -0.39 is 0 Å². The fraction of sp³-hybridized carbons (Fsp3) is 0.600. The number of methoxy groups -OCH3 is 1. The minimum Gasteiger partial charge on any atom is -0.465 e. The highest BCUT2D eigenvalue weighted by atomic mass is 16.5. The van der Waals surface area contributed by atoms with Crippen molar-refractivity contribution in [2.24, 2.45) is 0 Å². The van der Waals surface area contributed by atoms with Crippen molar-refractivity contribution in [2.75, 3.05) is 32.1 Å². The Balaban J connectivity index is 1.93. The summed E-state index contributed by atoms with van der Waals surface area (Å²) < 4.78 is 4.72. The van der Waals surface area contributed by atoms with Crippen molar-refractivity contribution >= 4 is 11.8 Å². The number of rotatable bonds is 5. The number of anilines is 1. The number of aromatic nitrogens is 1. The van der Waals surface area contributed by atoms with Gasteiger partial charge in [-0.3, -0.25) is 4.90 Å². The molecule has 1 atom stereocenters. The van der Waals surface area contributed by atoms with Gasteiger partial charge in [-0.15, -0.1) is 0 Å². The van der Waals surface area contributed by atoms with Crippen LogP contribution < -0.4 is 5.32 Å². The number of ether oxygens (including phenoxy) is 1. The lowest BCUT2D eigenvalue weighted by Gasteiger charge is -2.24. The normalized spacial score (nSPS) is 16.9. The van der Waals surface area contributed by atoms with E-state index in [4.69, 9.17) is 4.74 Å². The summed E-state index contributed by atoms with van der Waals surface area (Å²) in [6.45, 7) is 7.30. The predicted octanol–water partition coefficient (Wildman–Crippen LogP) is 2.07. The Morgan fingerprint density at radius 2 is 2.15 bits per heavy atom. The molecule has 0 amide bonds. The summed E-state index contributed by atoms with van der Waals surface area (Å²) in [5.74, 6) is 0.466. The number of pyridine rings is 1. The van der Waals surface area contributed by atoms with Crippen molar-refractivity contribution in [3.8, 4) is 0 Å². The van der Waals surface area contributed by atoms with Gasteiger partial charge >= 0.3 is 5.97 Å². The first-order valence-electron chi connectivity index (χ1n) is 7.15. The molecule has 0 bridgehead atoms. The molecule has 5 heteroatoms. The average molecular weight is 277 g/mol. The molecule has 2 heterocycles. The van der Waals surface area contributed by atoms with Gasteiger partial charge in [0.1, 0.15) is 5.82 Å². The molecule has 1 aliphatic heterocycles. The zero-order valence-electron chi connectivity index (χ0n) is 12.5. The van der Waals surface area contributed by atoms with E-state index in [9.17, 15) is 4.79 Å². The Morgan fingerprint density at radius 1 is 1.45 bits per heavy atom. The van der Waals surface area contributed by atoms with Gasteiger partial charge in [-0.05, 0) is 51.9 Å². The summed E-state index contributed by atoms with van der Waals surface area (Å²) in [5, 5.41) is 3.34. The van der Waals surface area contributed by atoms with Crippen molar-refractivity contribution in [3.63, 3.8) is 0 Å². The number of nitrogens with one attached hydrogen (secondary N) is 1. The molecule has 1 aromatic rings. The van der Waals surface area contributed by atoms with Gasteiger partial charge < -0.3 is 10.1 Å². The first-order chi connectivity index (χ1) is 9.61. The Bertz CT molecular complexity index is 470. The third-order valence-corrected chi connectivity index (χ3v) is 3.83. The maximum absolute atomic E-state index is 11.5. The fourth-order valence-electron chi connectivity index (χ4n) is 2.55. The highest BCUT2D eigenvalue weighted by Gasteiger charge is 2.18. The van der Waals surface area contributed by atoms with Crippen LogP contribution in [-0.4, -0.2) is 48.6 Å². The van der Waals surface area contributed by atoms with Crippen molar-refractivity contribution in [3.05, 3.63) is 23.4 Å². The number of carbonyl (C=O) groups is 1. The molecule has 20 heavy (non-hydrogen) atoms. The molecule has 0 aromatic carbocycles. The Morgan fingerprint density at radius 3 is 2.75 bits per heavy atom. The third kappa shape index (κ3) is 3.48. The molecule has 0 saturated carbocycles. The zero-order chi connectivity index (χ0) is 14.5. The maximum Gasteiger partial charge on any atom is 0.339 e. The predicted molar refractivity (Wildman–Crippen MR) is 79.1 cm³/mol. The first kappa shape index (κ1) is 14.8. The number of hydrogen-bond donors (Lipinski definition) is 1. The molecule has 1 aliphatic rings. The van der Waals surface area contributed by atoms with Crippen molar-refractivity contribution in [2.45, 2.75) is 32.7 Å². The average Bonchev–Trinajstić information content (AvgIpc) is 2.98. The number of hydrogen-bond acceptors (Lipinski definition) is 5. The summed E-state index contributed by atoms with van der Waals surface area (Å²) >= 11 is 0. The largest absolute Gasteiger partial charge is 0.465 e. The van der Waals surface area contributed by atoms with Gasteiger partial charge in [0.05, 0.1) is 18.4 Å². The second-order valence-electron chi connectivity index (χ2n) is 5.29. The number of aryl methyl sites for hydroxylation is 1. The van der Waals surface area contributed by atoms with E-state index in [1.807, 2.05) is 13.0 Å². The standard InChI is InChI=1S/C15H23N3O2/c1-11(18-8-4-5-9-18)10-16-14-7-6-13(12(2)17-14)15(19)20-3/h6-7,11H,4-5,8-10H2,1-3H3,(H,16,17). The number of likely N-dealkylation sites (tertiary alicyclic amines) is 1. The van der Waals surface area contributed by atoms with Crippen molar-refractivity contribution in [1.29, 1.82) is 0 Å². The minimum absolute atomic E-state index is 0.341. The molecule has 110 valence electrons. The molecular weight excluding hydrogens is 254 g/mol. The molecule has 1 unspecified atom stereocenters. The summed E-state index contributed by atoms with van der Waals surface area (Å²) in [6, 6.07) is 4.09. The van der Waals surface area contributed by atoms with Crippen LogP contribution in [0, 0.1) is 6.92 Å². The molecule has 0 spiro atoms. The highest BCUT2D eigenvalue weighted by Crippen LogP contribution is 2.14. The molecule has 0 aliphatic carbocycles. The van der Waals surface area contributed by atoms with Crippen LogP contribution in [0.2, 0.25) is 0 Å². The first-order valence-corrected chi connectivity index (χ1v) is 7.15. The Labute approximate surface area is 120 Å². The summed E-state index contributed by atoms with van der Waals surface area (Å²) in [7, 11) is 1.38. The molecule has 0 radical (unpaired) electrons. The van der Waals surface area contributed by atoms with Crippen LogP contribution in [0.3, 0.4) is 0 Å². The molecule has 1 fully saturated rings. The molecular formula is C15H23N3O2. The molecule has 1 aromatic heterocycles. The van der Waals surface area contributed by atoms with Crippen LogP contribution in [0.5, 0.6) is 0 Å². The second-order valence-corrected chi connectivity index (χ2v) is 5.29. The minimum atomic E-state index is -0.341. The van der Waals surface area contributed by atoms with Gasteiger partial charge in [0, 0.05) is 12.6 Å². The van der Waals surface area contributed by atoms with E-state index in [-0.39, 0.29) is 5.97 Å². The van der Waals surface area contributed by atoms with Crippen LogP contribution in [0.25, 0.3) is 0 Å². The van der Waals surface area contributed by atoms with Crippen LogP contribution >= 0.6 is 0 Å². The number of carbonyl (C=O) groups excluding carboxylic acids is 1. The summed E-state index contributed by atoms with van der Waals surface area (Å²) in [4.78, 5) is 18.4. The van der Waals surface area contributed by atoms with Crippen LogP contribution in [0.4, 0.5) is 5.82 Å². The van der Waals surface area contributed by atoms with Crippen molar-refractivity contribution < 1.29 is 9.53 Å². The lowest BCUT2D eigenvalue weighted by Crippen LogP contribution is -2.35.